The quantitative estimate of drug-likeness (QED) is 0.0940. The van der Waals surface area contributed by atoms with E-state index in [4.69, 9.17) is 42.9 Å². The molecule has 15 heteroatoms. The zero-order valence-electron chi connectivity index (χ0n) is 32.4. The van der Waals surface area contributed by atoms with Crippen molar-refractivity contribution in [1.82, 2.24) is 29.7 Å². The highest BCUT2D eigenvalue weighted by molar-refractivity contribution is 6.30. The van der Waals surface area contributed by atoms with E-state index < -0.39 is 11.8 Å². The molecule has 6 aromatic rings. The number of amides is 2. The van der Waals surface area contributed by atoms with Crippen LogP contribution in [0.4, 0.5) is 0 Å². The number of halogens is 2. The minimum atomic E-state index is -0.396. The van der Waals surface area contributed by atoms with Crippen molar-refractivity contribution in [2.75, 3.05) is 28.3 Å². The van der Waals surface area contributed by atoms with Gasteiger partial charge in [0.25, 0.3) is 0 Å². The summed E-state index contributed by atoms with van der Waals surface area (Å²) < 4.78 is 14.1. The first kappa shape index (κ1) is 44.0. The third-order valence-electron chi connectivity index (χ3n) is 8.95. The Bertz CT molecular complexity index is 2060. The van der Waals surface area contributed by atoms with E-state index in [-0.39, 0.29) is 17.3 Å². The minimum Gasteiger partial charge on any atom is -0.497 e. The van der Waals surface area contributed by atoms with Crippen molar-refractivity contribution in [3.8, 4) is 45.4 Å². The number of hydrogen-bond donors (Lipinski definition) is 2. The maximum absolute atomic E-state index is 12.0. The predicted octanol–water partition coefficient (Wildman–Crippen LogP) is 7.63. The molecule has 57 heavy (non-hydrogen) atoms. The van der Waals surface area contributed by atoms with Crippen LogP contribution < -0.4 is 9.47 Å². The Hall–Kier alpha value is -5.70. The number of rotatable bonds is 12. The molecule has 0 spiro atoms. The van der Waals surface area contributed by atoms with E-state index in [1.54, 1.807) is 28.1 Å². The Morgan fingerprint density at radius 1 is 0.614 bits per heavy atom. The fraction of sp³-hybridized carbons (Fsp3) is 0.238. The molecule has 2 heterocycles. The smallest absolute Gasteiger partial charge is 0.248 e. The molecule has 0 radical (unpaired) electrons. The van der Waals surface area contributed by atoms with E-state index in [1.807, 2.05) is 119 Å². The van der Waals surface area contributed by atoms with E-state index in [1.165, 1.54) is 14.1 Å². The third-order valence-corrected chi connectivity index (χ3v) is 9.45. The first-order valence-electron chi connectivity index (χ1n) is 17.7. The average molecular weight is 818 g/mol. The third kappa shape index (κ3) is 11.2. The van der Waals surface area contributed by atoms with Gasteiger partial charge >= 0.3 is 0 Å². The summed E-state index contributed by atoms with van der Waals surface area (Å²) in [6, 6.07) is 34.1. The molecular formula is C42H46Cl2N6O7. The normalized spacial score (nSPS) is 11.7. The summed E-state index contributed by atoms with van der Waals surface area (Å²) >= 11 is 12.1. The van der Waals surface area contributed by atoms with Crippen molar-refractivity contribution in [2.45, 2.75) is 26.7 Å². The number of hydrogen-bond acceptors (Lipinski definition) is 8. The maximum atomic E-state index is 12.0. The molecule has 0 saturated heterocycles. The van der Waals surface area contributed by atoms with Crippen molar-refractivity contribution in [1.29, 1.82) is 0 Å². The molecule has 0 aliphatic heterocycles. The largest absolute Gasteiger partial charge is 0.497 e. The summed E-state index contributed by atoms with van der Waals surface area (Å²) in [7, 11) is 5.90. The van der Waals surface area contributed by atoms with Crippen LogP contribution in [0.2, 0.25) is 10.0 Å². The van der Waals surface area contributed by atoms with Crippen molar-refractivity contribution in [3.63, 3.8) is 0 Å². The summed E-state index contributed by atoms with van der Waals surface area (Å²) in [4.78, 5) is 24.0. The molecular weight excluding hydrogens is 771 g/mol. The predicted molar refractivity (Wildman–Crippen MR) is 220 cm³/mol. The van der Waals surface area contributed by atoms with Gasteiger partial charge in [0.15, 0.2) is 0 Å². The molecule has 13 nitrogen and oxygen atoms in total. The van der Waals surface area contributed by atoms with Crippen LogP contribution in [0.3, 0.4) is 0 Å². The molecule has 0 aliphatic carbocycles. The van der Waals surface area contributed by atoms with Gasteiger partial charge in [-0.3, -0.25) is 20.0 Å². The second-order valence-electron chi connectivity index (χ2n) is 13.2. The highest BCUT2D eigenvalue weighted by atomic mass is 35.5. The molecule has 0 bridgehead atoms. The summed E-state index contributed by atoms with van der Waals surface area (Å²) in [5.41, 5.74) is 6.93. The van der Waals surface area contributed by atoms with Gasteiger partial charge < -0.3 is 14.9 Å². The van der Waals surface area contributed by atoms with Crippen LogP contribution in [0.25, 0.3) is 33.9 Å². The lowest BCUT2D eigenvalue weighted by Crippen LogP contribution is -2.29. The van der Waals surface area contributed by atoms with Crippen LogP contribution in [0, 0.1) is 11.8 Å². The molecule has 0 saturated carbocycles. The lowest BCUT2D eigenvalue weighted by atomic mass is 10.0. The molecule has 0 fully saturated rings. The first-order valence-corrected chi connectivity index (χ1v) is 18.4. The molecule has 6 rings (SSSR count). The van der Waals surface area contributed by atoms with Crippen LogP contribution in [-0.4, -0.2) is 85.7 Å². The second kappa shape index (κ2) is 19.9. The van der Waals surface area contributed by atoms with Crippen molar-refractivity contribution in [3.05, 3.63) is 131 Å². The Balaban J connectivity index is 0.000000248. The topological polar surface area (TPSA) is 167 Å². The van der Waals surface area contributed by atoms with E-state index in [9.17, 15) is 20.0 Å². The highest BCUT2D eigenvalue weighted by Crippen LogP contribution is 2.29. The van der Waals surface area contributed by atoms with Gasteiger partial charge in [0.2, 0.25) is 11.8 Å². The standard InChI is InChI=1S/2C21H22ClN3O3.H2O/c2*1-14(21(26)24(2)27)12-17-13-20(15-4-6-16(22)7-5-15)25(23-17)18-8-10-19(28-3)11-9-18;/h2*4-11,13-14,27H,12H2,1-3H3;1H2. The zero-order chi connectivity index (χ0) is 40.5. The fourth-order valence-electron chi connectivity index (χ4n) is 5.99. The summed E-state index contributed by atoms with van der Waals surface area (Å²) in [5.74, 6) is 0.0161. The van der Waals surface area contributed by atoms with Crippen molar-refractivity contribution >= 4 is 35.0 Å². The maximum Gasteiger partial charge on any atom is 0.248 e. The van der Waals surface area contributed by atoms with E-state index in [0.29, 0.717) is 33.0 Å². The number of carbonyl (C=O) groups is 2. The van der Waals surface area contributed by atoms with Crippen LogP contribution in [0.1, 0.15) is 25.2 Å². The fourth-order valence-corrected chi connectivity index (χ4v) is 6.24. The molecule has 2 atom stereocenters. The second-order valence-corrected chi connectivity index (χ2v) is 14.1. The number of nitrogens with zero attached hydrogens (tertiary/aromatic N) is 6. The van der Waals surface area contributed by atoms with Gasteiger partial charge in [-0.2, -0.15) is 10.2 Å². The number of hydroxylamine groups is 4. The van der Waals surface area contributed by atoms with Crippen LogP contribution in [0.5, 0.6) is 11.5 Å². The Labute approximate surface area is 341 Å². The lowest BCUT2D eigenvalue weighted by molar-refractivity contribution is -0.163. The van der Waals surface area contributed by atoms with E-state index in [0.717, 1.165) is 56.8 Å². The van der Waals surface area contributed by atoms with Gasteiger partial charge in [0.05, 0.1) is 48.4 Å². The van der Waals surface area contributed by atoms with Crippen LogP contribution in [0.15, 0.2) is 109 Å². The number of benzene rings is 4. The monoisotopic (exact) mass is 816 g/mol. The Kier molecular flexibility index (Phi) is 15.4. The molecule has 2 amide bonds. The molecule has 0 aliphatic rings. The van der Waals surface area contributed by atoms with Gasteiger partial charge in [-0.25, -0.2) is 19.5 Å². The SMILES string of the molecule is COc1ccc(-n2nc(CC(C)C(=O)N(C)O)cc2-c2ccc(Cl)cc2)cc1.COc1ccc(-n2nc(CC(C)C(=O)N(C)O)cc2-c2ccc(Cl)cc2)cc1.O. The minimum absolute atomic E-state index is 0. The van der Waals surface area contributed by atoms with Gasteiger partial charge in [-0.1, -0.05) is 61.3 Å². The number of aromatic nitrogens is 4. The Morgan fingerprint density at radius 2 is 0.930 bits per heavy atom. The van der Waals surface area contributed by atoms with Crippen LogP contribution >= 0.6 is 23.2 Å². The summed E-state index contributed by atoms with van der Waals surface area (Å²) in [6.45, 7) is 3.53. The highest BCUT2D eigenvalue weighted by Gasteiger charge is 2.22. The average Bonchev–Trinajstić information content (AvgIpc) is 3.82. The van der Waals surface area contributed by atoms with Gasteiger partial charge in [-0.15, -0.1) is 0 Å². The van der Waals surface area contributed by atoms with Gasteiger partial charge in [0, 0.05) is 59.9 Å². The summed E-state index contributed by atoms with van der Waals surface area (Å²) in [5, 5.41) is 30.7. The van der Waals surface area contributed by atoms with Crippen molar-refractivity contribution < 1.29 is 35.0 Å². The molecule has 2 aromatic heterocycles. The van der Waals surface area contributed by atoms with Crippen molar-refractivity contribution in [2.24, 2.45) is 11.8 Å². The van der Waals surface area contributed by atoms with Gasteiger partial charge in [-0.05, 0) is 84.9 Å². The molecule has 300 valence electrons. The van der Waals surface area contributed by atoms with Gasteiger partial charge in [0.1, 0.15) is 11.5 Å². The number of ether oxygens (including phenoxy) is 2. The Morgan fingerprint density at radius 3 is 1.21 bits per heavy atom. The molecule has 4 aromatic carbocycles. The first-order chi connectivity index (χ1) is 26.8. The molecule has 4 N–H and O–H groups in total. The lowest BCUT2D eigenvalue weighted by Gasteiger charge is -2.13. The number of carbonyl (C=O) groups excluding carboxylic acids is 2. The molecule has 2 unspecified atom stereocenters. The summed E-state index contributed by atoms with van der Waals surface area (Å²) in [6.07, 6.45) is 0.820. The van der Waals surface area contributed by atoms with E-state index in [2.05, 4.69) is 0 Å². The zero-order valence-corrected chi connectivity index (χ0v) is 33.9. The van der Waals surface area contributed by atoms with Crippen LogP contribution in [-0.2, 0) is 22.4 Å². The van der Waals surface area contributed by atoms with E-state index >= 15 is 0 Å². The number of methoxy groups -OCH3 is 2.